The fourth-order valence-corrected chi connectivity index (χ4v) is 2.25. The summed E-state index contributed by atoms with van der Waals surface area (Å²) in [5, 5.41) is 19.7. The predicted octanol–water partition coefficient (Wildman–Crippen LogP) is 3.04. The number of aliphatic carboxylic acids is 1. The number of aliphatic hydroxyl groups excluding tert-OH is 1. The van der Waals surface area contributed by atoms with Crippen LogP contribution in [0.1, 0.15) is 23.7 Å². The van der Waals surface area contributed by atoms with E-state index < -0.39 is 18.1 Å². The van der Waals surface area contributed by atoms with Crippen molar-refractivity contribution in [2.75, 3.05) is 5.43 Å². The average molecular weight is 326 g/mol. The average Bonchev–Trinajstić information content (AvgIpc) is 2.59. The highest BCUT2D eigenvalue weighted by Gasteiger charge is 2.22. The zero-order valence-corrected chi connectivity index (χ0v) is 13.6. The number of carboxylic acids is 1. The molecular formula is C19H22N2O3. The topological polar surface area (TPSA) is 81.6 Å². The lowest BCUT2D eigenvalue weighted by atomic mass is 9.97. The minimum absolute atomic E-state index is 0.101. The van der Waals surface area contributed by atoms with E-state index in [0.29, 0.717) is 11.1 Å². The third kappa shape index (κ3) is 4.94. The first-order valence-corrected chi connectivity index (χ1v) is 7.69. The molecule has 4 N–H and O–H groups in total. The number of nitrogens with one attached hydrogen (secondary N) is 2. The zero-order chi connectivity index (χ0) is 17.5. The zero-order valence-electron chi connectivity index (χ0n) is 13.6. The summed E-state index contributed by atoms with van der Waals surface area (Å²) in [6, 6.07) is 15.7. The molecule has 0 radical (unpaired) electrons. The number of aliphatic hydroxyl groups is 1. The third-order valence-corrected chi connectivity index (χ3v) is 3.71. The van der Waals surface area contributed by atoms with E-state index in [-0.39, 0.29) is 6.42 Å². The summed E-state index contributed by atoms with van der Waals surface area (Å²) in [6.45, 7) is 5.81. The molecule has 0 aliphatic rings. The lowest BCUT2D eigenvalue weighted by molar-refractivity contribution is -0.139. The van der Waals surface area contributed by atoms with Crippen LogP contribution in [-0.4, -0.2) is 22.2 Å². The van der Waals surface area contributed by atoms with Crippen LogP contribution in [0.4, 0.5) is 5.69 Å². The Balaban J connectivity index is 1.97. The quantitative estimate of drug-likeness (QED) is 0.443. The number of benzene rings is 2. The molecular weight excluding hydrogens is 304 g/mol. The second-order valence-electron chi connectivity index (χ2n) is 5.70. The SMILES string of the molecule is C=C(CC(NNc1ccccc1)C(=O)O)C(O)c1ccc(C)cc1. The van der Waals surface area contributed by atoms with Crippen molar-refractivity contribution in [1.29, 1.82) is 0 Å². The Bertz CT molecular complexity index is 684. The van der Waals surface area contributed by atoms with Gasteiger partial charge in [0.25, 0.3) is 0 Å². The van der Waals surface area contributed by atoms with Crippen LogP contribution >= 0.6 is 0 Å². The molecule has 2 aromatic carbocycles. The number of carbonyl (C=O) groups is 1. The van der Waals surface area contributed by atoms with Crippen LogP contribution in [0.2, 0.25) is 0 Å². The van der Waals surface area contributed by atoms with E-state index in [0.717, 1.165) is 11.3 Å². The second kappa shape index (κ2) is 8.29. The van der Waals surface area contributed by atoms with Gasteiger partial charge in [0.1, 0.15) is 6.04 Å². The molecule has 126 valence electrons. The normalized spacial score (nSPS) is 13.1. The van der Waals surface area contributed by atoms with Gasteiger partial charge in [-0.3, -0.25) is 4.79 Å². The highest BCUT2D eigenvalue weighted by atomic mass is 16.4. The lowest BCUT2D eigenvalue weighted by Crippen LogP contribution is -2.40. The smallest absolute Gasteiger partial charge is 0.322 e. The minimum Gasteiger partial charge on any atom is -0.480 e. The molecule has 0 aliphatic heterocycles. The van der Waals surface area contributed by atoms with Crippen molar-refractivity contribution in [2.45, 2.75) is 25.5 Å². The van der Waals surface area contributed by atoms with Gasteiger partial charge in [0.2, 0.25) is 0 Å². The second-order valence-corrected chi connectivity index (χ2v) is 5.70. The van der Waals surface area contributed by atoms with E-state index >= 15 is 0 Å². The Morgan fingerprint density at radius 1 is 1.12 bits per heavy atom. The lowest BCUT2D eigenvalue weighted by Gasteiger charge is -2.20. The molecule has 2 aromatic rings. The Morgan fingerprint density at radius 2 is 1.75 bits per heavy atom. The Morgan fingerprint density at radius 3 is 2.33 bits per heavy atom. The van der Waals surface area contributed by atoms with E-state index in [2.05, 4.69) is 17.4 Å². The van der Waals surface area contributed by atoms with Crippen molar-refractivity contribution in [3.8, 4) is 0 Å². The molecule has 2 rings (SSSR count). The van der Waals surface area contributed by atoms with Crippen molar-refractivity contribution in [2.24, 2.45) is 0 Å². The van der Waals surface area contributed by atoms with Crippen LogP contribution in [0.5, 0.6) is 0 Å². The van der Waals surface area contributed by atoms with Gasteiger partial charge in [0.05, 0.1) is 6.10 Å². The maximum absolute atomic E-state index is 11.4. The van der Waals surface area contributed by atoms with Crippen molar-refractivity contribution >= 4 is 11.7 Å². The molecule has 0 spiro atoms. The Hall–Kier alpha value is -2.63. The molecule has 0 heterocycles. The summed E-state index contributed by atoms with van der Waals surface area (Å²) >= 11 is 0. The van der Waals surface area contributed by atoms with E-state index in [1.807, 2.05) is 61.5 Å². The van der Waals surface area contributed by atoms with Gasteiger partial charge in [-0.15, -0.1) is 0 Å². The molecule has 24 heavy (non-hydrogen) atoms. The Kier molecular flexibility index (Phi) is 6.12. The number of rotatable bonds is 8. The van der Waals surface area contributed by atoms with Gasteiger partial charge in [-0.1, -0.05) is 54.6 Å². The Labute approximate surface area is 141 Å². The van der Waals surface area contributed by atoms with E-state index in [1.54, 1.807) is 0 Å². The first-order chi connectivity index (χ1) is 11.5. The molecule has 2 unspecified atom stereocenters. The maximum atomic E-state index is 11.4. The number of carboxylic acid groups (broad SMARTS) is 1. The van der Waals surface area contributed by atoms with Crippen LogP contribution < -0.4 is 10.9 Å². The van der Waals surface area contributed by atoms with Gasteiger partial charge < -0.3 is 15.6 Å². The fraction of sp³-hybridized carbons (Fsp3) is 0.211. The molecule has 0 amide bonds. The van der Waals surface area contributed by atoms with Crippen LogP contribution in [0.25, 0.3) is 0 Å². The fourth-order valence-electron chi connectivity index (χ4n) is 2.25. The summed E-state index contributed by atoms with van der Waals surface area (Å²) in [6.07, 6.45) is -0.796. The molecule has 0 saturated heterocycles. The number of hydrogen-bond donors (Lipinski definition) is 4. The summed E-state index contributed by atoms with van der Waals surface area (Å²) in [5.74, 6) is -1.02. The number of aryl methyl sites for hydroxylation is 1. The highest BCUT2D eigenvalue weighted by Crippen LogP contribution is 2.24. The first kappa shape index (κ1) is 17.7. The van der Waals surface area contributed by atoms with Gasteiger partial charge in [-0.05, 0) is 36.6 Å². The number of hydrogen-bond acceptors (Lipinski definition) is 4. The predicted molar refractivity (Wildman–Crippen MR) is 94.5 cm³/mol. The van der Waals surface area contributed by atoms with Gasteiger partial charge in [-0.2, -0.15) is 0 Å². The third-order valence-electron chi connectivity index (χ3n) is 3.71. The van der Waals surface area contributed by atoms with Gasteiger partial charge in [-0.25, -0.2) is 5.43 Å². The molecule has 2 atom stereocenters. The summed E-state index contributed by atoms with van der Waals surface area (Å²) in [4.78, 5) is 11.4. The highest BCUT2D eigenvalue weighted by molar-refractivity contribution is 5.74. The number of anilines is 1. The molecule has 0 bridgehead atoms. The van der Waals surface area contributed by atoms with Crippen LogP contribution in [0.15, 0.2) is 66.7 Å². The van der Waals surface area contributed by atoms with Crippen LogP contribution in [0.3, 0.4) is 0 Å². The summed E-state index contributed by atoms with van der Waals surface area (Å²) in [5.41, 5.74) is 8.61. The molecule has 5 heteroatoms. The molecule has 0 saturated carbocycles. The van der Waals surface area contributed by atoms with E-state index in [1.165, 1.54) is 0 Å². The summed E-state index contributed by atoms with van der Waals surface area (Å²) < 4.78 is 0. The van der Waals surface area contributed by atoms with Crippen molar-refractivity contribution < 1.29 is 15.0 Å². The standard InChI is InChI=1S/C19H22N2O3/c1-13-8-10-15(11-9-13)18(22)14(2)12-17(19(23)24)21-20-16-6-4-3-5-7-16/h3-11,17-18,20-22H,2,12H2,1H3,(H,23,24). The molecule has 0 aliphatic carbocycles. The largest absolute Gasteiger partial charge is 0.480 e. The minimum atomic E-state index is -1.02. The van der Waals surface area contributed by atoms with Gasteiger partial charge in [0.15, 0.2) is 0 Å². The van der Waals surface area contributed by atoms with Crippen LogP contribution in [0, 0.1) is 6.92 Å². The monoisotopic (exact) mass is 326 g/mol. The van der Waals surface area contributed by atoms with Crippen molar-refractivity contribution in [3.63, 3.8) is 0 Å². The van der Waals surface area contributed by atoms with E-state index in [9.17, 15) is 15.0 Å². The van der Waals surface area contributed by atoms with Crippen molar-refractivity contribution in [1.82, 2.24) is 5.43 Å². The number of para-hydroxylation sites is 1. The maximum Gasteiger partial charge on any atom is 0.322 e. The van der Waals surface area contributed by atoms with Gasteiger partial charge >= 0.3 is 5.97 Å². The molecule has 0 aromatic heterocycles. The van der Waals surface area contributed by atoms with Crippen LogP contribution in [-0.2, 0) is 4.79 Å². The van der Waals surface area contributed by atoms with E-state index in [4.69, 9.17) is 0 Å². The number of hydrazine groups is 1. The summed E-state index contributed by atoms with van der Waals surface area (Å²) in [7, 11) is 0. The van der Waals surface area contributed by atoms with Crippen molar-refractivity contribution in [3.05, 3.63) is 77.9 Å². The molecule has 0 fully saturated rings. The first-order valence-electron chi connectivity index (χ1n) is 7.69. The molecule has 5 nitrogen and oxygen atoms in total. The van der Waals surface area contributed by atoms with Gasteiger partial charge in [0, 0.05) is 5.69 Å².